The van der Waals surface area contributed by atoms with E-state index in [1.165, 1.54) is 7.11 Å². The summed E-state index contributed by atoms with van der Waals surface area (Å²) >= 11 is 11.0. The van der Waals surface area contributed by atoms with Crippen LogP contribution in [0.5, 0.6) is 6.01 Å². The predicted molar refractivity (Wildman–Crippen MR) is 71.1 cm³/mol. The van der Waals surface area contributed by atoms with Gasteiger partial charge in [0.2, 0.25) is 0 Å². The van der Waals surface area contributed by atoms with Crippen LogP contribution < -0.4 is 4.74 Å². The Morgan fingerprint density at radius 3 is 2.89 bits per heavy atom. The summed E-state index contributed by atoms with van der Waals surface area (Å²) in [5, 5.41) is 9.71. The van der Waals surface area contributed by atoms with Crippen LogP contribution in [0.1, 0.15) is 5.56 Å². The Morgan fingerprint density at radius 2 is 2.28 bits per heavy atom. The van der Waals surface area contributed by atoms with Crippen LogP contribution in [-0.4, -0.2) is 17.1 Å². The number of rotatable bonds is 2. The number of hydrogen-bond acceptors (Lipinski definition) is 4. The number of aromatic nitrogens is 2. The van der Waals surface area contributed by atoms with E-state index in [-0.39, 0.29) is 6.01 Å². The minimum atomic E-state index is 0.258. The number of halogens is 1. The first-order chi connectivity index (χ1) is 8.65. The number of nitriles is 1. The van der Waals surface area contributed by atoms with E-state index in [0.717, 1.165) is 5.56 Å². The van der Waals surface area contributed by atoms with E-state index in [0.29, 0.717) is 20.9 Å². The van der Waals surface area contributed by atoms with E-state index >= 15 is 0 Å². The molecule has 0 atom stereocenters. The van der Waals surface area contributed by atoms with Crippen molar-refractivity contribution in [2.45, 2.75) is 0 Å². The third-order valence-corrected chi connectivity index (χ3v) is 2.84. The van der Waals surface area contributed by atoms with Crippen molar-refractivity contribution in [3.63, 3.8) is 0 Å². The minimum absolute atomic E-state index is 0.258. The molecule has 0 amide bonds. The molecular weight excluding hydrogens is 270 g/mol. The molecule has 0 aliphatic rings. The maximum absolute atomic E-state index is 9.14. The van der Waals surface area contributed by atoms with Gasteiger partial charge in [0.05, 0.1) is 12.8 Å². The van der Waals surface area contributed by atoms with Crippen molar-refractivity contribution >= 4 is 23.8 Å². The molecule has 1 aromatic heterocycles. The van der Waals surface area contributed by atoms with Gasteiger partial charge in [0, 0.05) is 10.6 Å². The number of nitrogens with zero attached hydrogens (tertiary/aromatic N) is 2. The highest BCUT2D eigenvalue weighted by molar-refractivity contribution is 7.71. The lowest BCUT2D eigenvalue weighted by atomic mass is 10.1. The fraction of sp³-hybridized carbons (Fsp3) is 0.0833. The molecule has 2 rings (SSSR count). The maximum atomic E-state index is 9.14. The summed E-state index contributed by atoms with van der Waals surface area (Å²) in [4.78, 5) is 6.94. The Kier molecular flexibility index (Phi) is 3.60. The third-order valence-electron chi connectivity index (χ3n) is 2.30. The summed E-state index contributed by atoms with van der Waals surface area (Å²) in [6.07, 6.45) is 0. The van der Waals surface area contributed by atoms with Gasteiger partial charge in [0.25, 0.3) is 6.01 Å². The standard InChI is InChI=1S/C12H8ClN3OS/c1-17-12-15-10(9(6-14)11(18)16-12)7-3-2-4-8(13)5-7/h2-5H,1H3,(H,15,16,18). The Hall–Kier alpha value is -1.90. The van der Waals surface area contributed by atoms with Gasteiger partial charge >= 0.3 is 0 Å². The number of benzene rings is 1. The van der Waals surface area contributed by atoms with E-state index in [9.17, 15) is 0 Å². The molecule has 0 fully saturated rings. The maximum Gasteiger partial charge on any atom is 0.294 e. The summed E-state index contributed by atoms with van der Waals surface area (Å²) in [6.45, 7) is 0. The Balaban J connectivity index is 2.74. The minimum Gasteiger partial charge on any atom is -0.468 e. The molecule has 1 heterocycles. The van der Waals surface area contributed by atoms with Crippen molar-refractivity contribution < 1.29 is 4.74 Å². The van der Waals surface area contributed by atoms with Crippen LogP contribution >= 0.6 is 23.8 Å². The molecule has 1 N–H and O–H groups in total. The molecule has 6 heteroatoms. The van der Waals surface area contributed by atoms with Crippen molar-refractivity contribution in [3.05, 3.63) is 39.5 Å². The van der Waals surface area contributed by atoms with E-state index in [1.807, 2.05) is 12.1 Å². The van der Waals surface area contributed by atoms with Gasteiger partial charge in [-0.05, 0) is 12.1 Å². The van der Waals surface area contributed by atoms with Gasteiger partial charge in [0.1, 0.15) is 16.3 Å². The SMILES string of the molecule is COc1nc(-c2cccc(Cl)c2)c(C#N)c(=S)[nH]1. The highest BCUT2D eigenvalue weighted by atomic mass is 35.5. The second-order valence-corrected chi connectivity index (χ2v) is 4.27. The molecule has 0 aliphatic heterocycles. The molecule has 4 nitrogen and oxygen atoms in total. The Labute approximate surface area is 114 Å². The van der Waals surface area contributed by atoms with Crippen molar-refractivity contribution in [3.8, 4) is 23.3 Å². The van der Waals surface area contributed by atoms with Crippen molar-refractivity contribution in [1.29, 1.82) is 5.26 Å². The van der Waals surface area contributed by atoms with Crippen LogP contribution in [0.25, 0.3) is 11.3 Å². The zero-order chi connectivity index (χ0) is 13.1. The summed E-state index contributed by atoms with van der Waals surface area (Å²) < 4.78 is 5.30. The van der Waals surface area contributed by atoms with Crippen molar-refractivity contribution in [1.82, 2.24) is 9.97 Å². The molecule has 0 saturated carbocycles. The first-order valence-electron chi connectivity index (χ1n) is 5.00. The van der Waals surface area contributed by atoms with Crippen LogP contribution in [0, 0.1) is 16.0 Å². The van der Waals surface area contributed by atoms with Gasteiger partial charge < -0.3 is 4.74 Å². The first kappa shape index (κ1) is 12.6. The average Bonchev–Trinajstić information content (AvgIpc) is 2.37. The Bertz CT molecular complexity index is 690. The molecule has 0 spiro atoms. The molecule has 0 unspecified atom stereocenters. The lowest BCUT2D eigenvalue weighted by molar-refractivity contribution is 0.379. The van der Waals surface area contributed by atoms with Gasteiger partial charge in [0.15, 0.2) is 0 Å². The topological polar surface area (TPSA) is 61.7 Å². The predicted octanol–water partition coefficient (Wildman–Crippen LogP) is 3.34. The molecule has 0 aliphatic carbocycles. The molecule has 0 radical (unpaired) electrons. The average molecular weight is 278 g/mol. The number of hydrogen-bond donors (Lipinski definition) is 1. The largest absolute Gasteiger partial charge is 0.468 e. The summed E-state index contributed by atoms with van der Waals surface area (Å²) in [6, 6.07) is 9.36. The molecule has 90 valence electrons. The molecule has 0 saturated heterocycles. The monoisotopic (exact) mass is 277 g/mol. The van der Waals surface area contributed by atoms with Crippen LogP contribution in [0.15, 0.2) is 24.3 Å². The van der Waals surface area contributed by atoms with E-state index < -0.39 is 0 Å². The quantitative estimate of drug-likeness (QED) is 0.855. The van der Waals surface area contributed by atoms with Crippen LogP contribution in [0.3, 0.4) is 0 Å². The van der Waals surface area contributed by atoms with Gasteiger partial charge in [-0.1, -0.05) is 36.0 Å². The van der Waals surface area contributed by atoms with Gasteiger partial charge in [-0.25, -0.2) is 0 Å². The van der Waals surface area contributed by atoms with Gasteiger partial charge in [-0.2, -0.15) is 10.2 Å². The Morgan fingerprint density at radius 1 is 1.50 bits per heavy atom. The highest BCUT2D eigenvalue weighted by Crippen LogP contribution is 2.25. The summed E-state index contributed by atoms with van der Waals surface area (Å²) in [5.41, 5.74) is 1.48. The second kappa shape index (κ2) is 5.17. The van der Waals surface area contributed by atoms with Crippen LogP contribution in [0.4, 0.5) is 0 Å². The lowest BCUT2D eigenvalue weighted by Crippen LogP contribution is -1.98. The summed E-state index contributed by atoms with van der Waals surface area (Å²) in [5.74, 6) is 0. The van der Waals surface area contributed by atoms with E-state index in [1.54, 1.807) is 18.2 Å². The van der Waals surface area contributed by atoms with Crippen LogP contribution in [0.2, 0.25) is 5.02 Å². The molecule has 18 heavy (non-hydrogen) atoms. The smallest absolute Gasteiger partial charge is 0.294 e. The fourth-order valence-electron chi connectivity index (χ4n) is 1.50. The second-order valence-electron chi connectivity index (χ2n) is 3.42. The number of aromatic amines is 1. The first-order valence-corrected chi connectivity index (χ1v) is 5.78. The summed E-state index contributed by atoms with van der Waals surface area (Å²) in [7, 11) is 1.47. The number of H-pyrrole nitrogens is 1. The normalized spacial score (nSPS) is 9.83. The highest BCUT2D eigenvalue weighted by Gasteiger charge is 2.11. The lowest BCUT2D eigenvalue weighted by Gasteiger charge is -2.06. The van der Waals surface area contributed by atoms with Crippen molar-refractivity contribution in [2.24, 2.45) is 0 Å². The molecule has 0 bridgehead atoms. The number of methoxy groups -OCH3 is 1. The molecule has 1 aromatic carbocycles. The molecule has 2 aromatic rings. The molecular formula is C12H8ClN3OS. The number of ether oxygens (including phenoxy) is 1. The van der Waals surface area contributed by atoms with E-state index in [2.05, 4.69) is 9.97 Å². The van der Waals surface area contributed by atoms with Crippen LogP contribution in [-0.2, 0) is 0 Å². The van der Waals surface area contributed by atoms with Gasteiger partial charge in [-0.3, -0.25) is 4.98 Å². The fourth-order valence-corrected chi connectivity index (χ4v) is 1.92. The third kappa shape index (κ3) is 2.35. The number of nitrogens with one attached hydrogen (secondary N) is 1. The zero-order valence-electron chi connectivity index (χ0n) is 9.40. The zero-order valence-corrected chi connectivity index (χ0v) is 11.0. The van der Waals surface area contributed by atoms with E-state index in [4.69, 9.17) is 33.8 Å². The van der Waals surface area contributed by atoms with Crippen molar-refractivity contribution in [2.75, 3.05) is 7.11 Å². The van der Waals surface area contributed by atoms with Gasteiger partial charge in [-0.15, -0.1) is 0 Å².